The quantitative estimate of drug-likeness (QED) is 0.893. The van der Waals surface area contributed by atoms with Crippen LogP contribution in [0.1, 0.15) is 19.4 Å². The molecule has 0 spiro atoms. The minimum Gasteiger partial charge on any atom is -0.329 e. The molecule has 0 saturated carbocycles. The Bertz CT molecular complexity index is 531. The van der Waals surface area contributed by atoms with Crippen LogP contribution in [0.3, 0.4) is 0 Å². The molecular formula is C16H22N2. The van der Waals surface area contributed by atoms with Gasteiger partial charge in [0.1, 0.15) is 0 Å². The number of hydrogen-bond donors (Lipinski definition) is 1. The van der Waals surface area contributed by atoms with Crippen molar-refractivity contribution in [2.24, 2.45) is 5.73 Å². The van der Waals surface area contributed by atoms with Gasteiger partial charge in [-0.3, -0.25) is 4.90 Å². The molecule has 2 aromatic carbocycles. The van der Waals surface area contributed by atoms with E-state index < -0.39 is 0 Å². The molecule has 2 rings (SSSR count). The Morgan fingerprint density at radius 1 is 1.06 bits per heavy atom. The van der Waals surface area contributed by atoms with E-state index in [1.807, 2.05) is 0 Å². The second-order valence-electron chi connectivity index (χ2n) is 5.55. The van der Waals surface area contributed by atoms with Crippen molar-refractivity contribution in [2.45, 2.75) is 25.9 Å². The SMILES string of the molecule is CN(Cc1ccc2ccccc2c1)C(C)(C)CN. The minimum absolute atomic E-state index is 0.0334. The summed E-state index contributed by atoms with van der Waals surface area (Å²) in [5.74, 6) is 0. The van der Waals surface area contributed by atoms with Crippen molar-refractivity contribution in [1.29, 1.82) is 0 Å². The summed E-state index contributed by atoms with van der Waals surface area (Å²) < 4.78 is 0. The van der Waals surface area contributed by atoms with E-state index in [1.54, 1.807) is 0 Å². The van der Waals surface area contributed by atoms with Crippen LogP contribution in [-0.2, 0) is 6.54 Å². The number of hydrogen-bond acceptors (Lipinski definition) is 2. The molecule has 0 aromatic heterocycles. The molecule has 0 bridgehead atoms. The Morgan fingerprint density at radius 2 is 1.72 bits per heavy atom. The summed E-state index contributed by atoms with van der Waals surface area (Å²) in [6.07, 6.45) is 0. The second kappa shape index (κ2) is 5.09. The van der Waals surface area contributed by atoms with Crippen LogP contribution in [0.2, 0.25) is 0 Å². The van der Waals surface area contributed by atoms with Gasteiger partial charge in [0.15, 0.2) is 0 Å². The van der Waals surface area contributed by atoms with Gasteiger partial charge in [0.05, 0.1) is 0 Å². The summed E-state index contributed by atoms with van der Waals surface area (Å²) in [7, 11) is 2.13. The molecule has 2 heteroatoms. The Labute approximate surface area is 109 Å². The first kappa shape index (κ1) is 13.1. The first-order valence-electron chi connectivity index (χ1n) is 6.42. The van der Waals surface area contributed by atoms with Crippen LogP contribution in [0.15, 0.2) is 42.5 Å². The zero-order valence-corrected chi connectivity index (χ0v) is 11.5. The molecule has 0 fully saturated rings. The fourth-order valence-corrected chi connectivity index (χ4v) is 1.98. The van der Waals surface area contributed by atoms with Crippen molar-refractivity contribution in [3.63, 3.8) is 0 Å². The van der Waals surface area contributed by atoms with Crippen molar-refractivity contribution < 1.29 is 0 Å². The first-order valence-corrected chi connectivity index (χ1v) is 6.42. The van der Waals surface area contributed by atoms with E-state index in [9.17, 15) is 0 Å². The lowest BCUT2D eigenvalue weighted by molar-refractivity contribution is 0.156. The fourth-order valence-electron chi connectivity index (χ4n) is 1.98. The summed E-state index contributed by atoms with van der Waals surface area (Å²) in [5, 5.41) is 2.59. The predicted molar refractivity (Wildman–Crippen MR) is 78.5 cm³/mol. The van der Waals surface area contributed by atoms with E-state index in [-0.39, 0.29) is 5.54 Å². The van der Waals surface area contributed by atoms with Crippen LogP contribution in [-0.4, -0.2) is 24.0 Å². The average Bonchev–Trinajstić information content (AvgIpc) is 2.38. The maximum absolute atomic E-state index is 5.81. The smallest absolute Gasteiger partial charge is 0.0275 e. The maximum atomic E-state index is 5.81. The highest BCUT2D eigenvalue weighted by Gasteiger charge is 2.21. The molecule has 96 valence electrons. The fraction of sp³-hybridized carbons (Fsp3) is 0.375. The first-order chi connectivity index (χ1) is 8.53. The van der Waals surface area contributed by atoms with E-state index in [0.29, 0.717) is 6.54 Å². The number of nitrogens with zero attached hydrogens (tertiary/aromatic N) is 1. The molecule has 0 amide bonds. The van der Waals surface area contributed by atoms with Crippen molar-refractivity contribution in [3.05, 3.63) is 48.0 Å². The molecule has 0 aliphatic rings. The summed E-state index contributed by atoms with van der Waals surface area (Å²) in [5.41, 5.74) is 7.17. The number of fused-ring (bicyclic) bond motifs is 1. The van der Waals surface area contributed by atoms with Crippen LogP contribution in [0.5, 0.6) is 0 Å². The monoisotopic (exact) mass is 242 g/mol. The van der Waals surface area contributed by atoms with Crippen LogP contribution in [0.25, 0.3) is 10.8 Å². The summed E-state index contributed by atoms with van der Waals surface area (Å²) in [4.78, 5) is 2.30. The number of benzene rings is 2. The average molecular weight is 242 g/mol. The predicted octanol–water partition coefficient (Wildman–Crippen LogP) is 3.01. The molecule has 2 aromatic rings. The van der Waals surface area contributed by atoms with Gasteiger partial charge in [0.2, 0.25) is 0 Å². The topological polar surface area (TPSA) is 29.3 Å². The molecule has 0 aliphatic carbocycles. The molecular weight excluding hydrogens is 220 g/mol. The van der Waals surface area contributed by atoms with Crippen LogP contribution >= 0.6 is 0 Å². The minimum atomic E-state index is 0.0334. The summed E-state index contributed by atoms with van der Waals surface area (Å²) >= 11 is 0. The van der Waals surface area contributed by atoms with Crippen LogP contribution in [0, 0.1) is 0 Å². The van der Waals surface area contributed by atoms with Gasteiger partial charge in [-0.1, -0.05) is 36.4 Å². The summed E-state index contributed by atoms with van der Waals surface area (Å²) in [6.45, 7) is 5.94. The maximum Gasteiger partial charge on any atom is 0.0275 e. The van der Waals surface area contributed by atoms with Gasteiger partial charge in [0.25, 0.3) is 0 Å². The van der Waals surface area contributed by atoms with Gasteiger partial charge in [-0.25, -0.2) is 0 Å². The van der Waals surface area contributed by atoms with Crippen LogP contribution in [0.4, 0.5) is 0 Å². The Kier molecular flexibility index (Phi) is 3.69. The standard InChI is InChI=1S/C16H22N2/c1-16(2,12-17)18(3)11-13-8-9-14-6-4-5-7-15(14)10-13/h4-10H,11-12,17H2,1-3H3. The van der Waals surface area contributed by atoms with Gasteiger partial charge >= 0.3 is 0 Å². The lowest BCUT2D eigenvalue weighted by atomic mass is 10.0. The van der Waals surface area contributed by atoms with Gasteiger partial charge in [0, 0.05) is 18.6 Å². The molecule has 18 heavy (non-hydrogen) atoms. The van der Waals surface area contributed by atoms with Crippen molar-refractivity contribution in [2.75, 3.05) is 13.6 Å². The Hall–Kier alpha value is -1.38. The normalized spacial score (nSPS) is 12.3. The van der Waals surface area contributed by atoms with E-state index in [4.69, 9.17) is 5.73 Å². The largest absolute Gasteiger partial charge is 0.329 e. The Balaban J connectivity index is 2.22. The molecule has 0 atom stereocenters. The molecule has 2 nitrogen and oxygen atoms in total. The number of likely N-dealkylation sites (N-methyl/N-ethyl adjacent to an activating group) is 1. The van der Waals surface area contributed by atoms with E-state index in [1.165, 1.54) is 16.3 Å². The van der Waals surface area contributed by atoms with E-state index in [2.05, 4.69) is 68.3 Å². The third kappa shape index (κ3) is 2.71. The third-order valence-electron chi connectivity index (χ3n) is 3.77. The number of rotatable bonds is 4. The highest BCUT2D eigenvalue weighted by atomic mass is 15.2. The number of nitrogens with two attached hydrogens (primary N) is 1. The van der Waals surface area contributed by atoms with Crippen LogP contribution < -0.4 is 5.73 Å². The third-order valence-corrected chi connectivity index (χ3v) is 3.77. The van der Waals surface area contributed by atoms with Gasteiger partial charge in [-0.15, -0.1) is 0 Å². The molecule has 2 N–H and O–H groups in total. The van der Waals surface area contributed by atoms with Crippen molar-refractivity contribution in [1.82, 2.24) is 4.90 Å². The van der Waals surface area contributed by atoms with Gasteiger partial charge in [-0.05, 0) is 43.3 Å². The van der Waals surface area contributed by atoms with Gasteiger partial charge < -0.3 is 5.73 Å². The second-order valence-corrected chi connectivity index (χ2v) is 5.55. The summed E-state index contributed by atoms with van der Waals surface area (Å²) in [6, 6.07) is 15.1. The lowest BCUT2D eigenvalue weighted by Gasteiger charge is -2.34. The van der Waals surface area contributed by atoms with Gasteiger partial charge in [-0.2, -0.15) is 0 Å². The highest BCUT2D eigenvalue weighted by Crippen LogP contribution is 2.19. The van der Waals surface area contributed by atoms with E-state index >= 15 is 0 Å². The molecule has 0 unspecified atom stereocenters. The molecule has 0 radical (unpaired) electrons. The zero-order chi connectivity index (χ0) is 13.2. The molecule has 0 heterocycles. The highest BCUT2D eigenvalue weighted by molar-refractivity contribution is 5.82. The molecule has 0 aliphatic heterocycles. The lowest BCUT2D eigenvalue weighted by Crippen LogP contribution is -2.46. The Morgan fingerprint density at radius 3 is 2.39 bits per heavy atom. The van der Waals surface area contributed by atoms with E-state index in [0.717, 1.165) is 6.54 Å². The van der Waals surface area contributed by atoms with Crippen molar-refractivity contribution >= 4 is 10.8 Å². The molecule has 0 saturated heterocycles. The van der Waals surface area contributed by atoms with Crippen molar-refractivity contribution in [3.8, 4) is 0 Å². The zero-order valence-electron chi connectivity index (χ0n) is 11.5.